The van der Waals surface area contributed by atoms with Gasteiger partial charge in [0.2, 0.25) is 5.91 Å². The monoisotopic (exact) mass is 309 g/mol. The average molecular weight is 309 g/mol. The van der Waals surface area contributed by atoms with Crippen molar-refractivity contribution < 1.29 is 4.79 Å². The summed E-state index contributed by atoms with van der Waals surface area (Å²) >= 11 is 0. The van der Waals surface area contributed by atoms with Gasteiger partial charge in [-0.25, -0.2) is 0 Å². The van der Waals surface area contributed by atoms with E-state index in [2.05, 4.69) is 46.4 Å². The number of para-hydroxylation sites is 1. The van der Waals surface area contributed by atoms with E-state index in [-0.39, 0.29) is 11.8 Å². The molecule has 3 heterocycles. The Morgan fingerprint density at radius 1 is 1.30 bits per heavy atom. The van der Waals surface area contributed by atoms with E-state index in [9.17, 15) is 4.79 Å². The summed E-state index contributed by atoms with van der Waals surface area (Å²) in [5.41, 5.74) is 3.86. The van der Waals surface area contributed by atoms with Crippen LogP contribution >= 0.6 is 0 Å². The maximum absolute atomic E-state index is 12.7. The number of carbonyl (C=O) groups is 1. The lowest BCUT2D eigenvalue weighted by molar-refractivity contribution is -0.133. The van der Waals surface area contributed by atoms with Crippen molar-refractivity contribution in [3.63, 3.8) is 0 Å². The SMILES string of the molecule is CCN(CC)C(=O)[C@@H]1C=C2c3cccc4ccn(c34)C[C@H]2NC1. The number of rotatable bonds is 3. The number of aromatic nitrogens is 1. The lowest BCUT2D eigenvalue weighted by Gasteiger charge is -2.35. The van der Waals surface area contributed by atoms with Gasteiger partial charge in [-0.3, -0.25) is 4.79 Å². The summed E-state index contributed by atoms with van der Waals surface area (Å²) in [5.74, 6) is 0.180. The first-order valence-electron chi connectivity index (χ1n) is 8.55. The first kappa shape index (κ1) is 14.5. The van der Waals surface area contributed by atoms with Crippen molar-refractivity contribution in [2.75, 3.05) is 19.6 Å². The molecule has 1 amide bonds. The molecule has 2 aliphatic rings. The van der Waals surface area contributed by atoms with Crippen molar-refractivity contribution in [3.05, 3.63) is 42.1 Å². The molecule has 4 heteroatoms. The number of nitrogens with zero attached hydrogens (tertiary/aromatic N) is 2. The second-order valence-corrected chi connectivity index (χ2v) is 6.41. The van der Waals surface area contributed by atoms with Crippen LogP contribution in [0, 0.1) is 5.92 Å². The van der Waals surface area contributed by atoms with Gasteiger partial charge in [-0.05, 0) is 25.5 Å². The third-order valence-electron chi connectivity index (χ3n) is 5.21. The van der Waals surface area contributed by atoms with Gasteiger partial charge in [-0.1, -0.05) is 24.3 Å². The van der Waals surface area contributed by atoms with E-state index in [1.807, 2.05) is 18.7 Å². The van der Waals surface area contributed by atoms with E-state index in [4.69, 9.17) is 0 Å². The number of hydrogen-bond acceptors (Lipinski definition) is 2. The van der Waals surface area contributed by atoms with Gasteiger partial charge in [0.05, 0.1) is 17.5 Å². The number of fused-ring (bicyclic) bond motifs is 2. The minimum Gasteiger partial charge on any atom is -0.345 e. The van der Waals surface area contributed by atoms with Crippen LogP contribution in [0.25, 0.3) is 16.5 Å². The Balaban J connectivity index is 1.76. The molecular weight excluding hydrogens is 286 g/mol. The third-order valence-corrected chi connectivity index (χ3v) is 5.21. The maximum atomic E-state index is 12.7. The molecule has 120 valence electrons. The van der Waals surface area contributed by atoms with Crippen LogP contribution in [0.2, 0.25) is 0 Å². The topological polar surface area (TPSA) is 37.3 Å². The van der Waals surface area contributed by atoms with E-state index in [0.717, 1.165) is 26.2 Å². The normalized spacial score (nSPS) is 22.6. The highest BCUT2D eigenvalue weighted by atomic mass is 16.2. The molecule has 1 aromatic heterocycles. The summed E-state index contributed by atoms with van der Waals surface area (Å²) in [6.45, 7) is 7.31. The quantitative estimate of drug-likeness (QED) is 0.946. The first-order chi connectivity index (χ1) is 11.2. The molecule has 4 rings (SSSR count). The number of nitrogens with one attached hydrogen (secondary N) is 1. The number of hydrogen-bond donors (Lipinski definition) is 1. The fourth-order valence-corrected chi connectivity index (χ4v) is 3.98. The second kappa shape index (κ2) is 5.53. The molecule has 4 nitrogen and oxygen atoms in total. The lowest BCUT2D eigenvalue weighted by Crippen LogP contribution is -2.47. The molecule has 2 aromatic rings. The van der Waals surface area contributed by atoms with Crippen LogP contribution in [0.3, 0.4) is 0 Å². The lowest BCUT2D eigenvalue weighted by atomic mass is 9.86. The van der Waals surface area contributed by atoms with E-state index in [1.54, 1.807) is 0 Å². The van der Waals surface area contributed by atoms with Gasteiger partial charge in [0, 0.05) is 43.3 Å². The zero-order valence-electron chi connectivity index (χ0n) is 13.7. The summed E-state index contributed by atoms with van der Waals surface area (Å²) in [6.07, 6.45) is 4.38. The molecule has 2 atom stereocenters. The molecular formula is C19H23N3O. The zero-order chi connectivity index (χ0) is 16.0. The van der Waals surface area contributed by atoms with Crippen LogP contribution in [0.4, 0.5) is 0 Å². The van der Waals surface area contributed by atoms with E-state index in [1.165, 1.54) is 22.0 Å². The molecule has 0 radical (unpaired) electrons. The molecule has 1 aromatic carbocycles. The van der Waals surface area contributed by atoms with Crippen molar-refractivity contribution in [2.24, 2.45) is 5.92 Å². The fourth-order valence-electron chi connectivity index (χ4n) is 3.98. The molecule has 0 aliphatic carbocycles. The van der Waals surface area contributed by atoms with Crippen LogP contribution in [-0.2, 0) is 11.3 Å². The molecule has 23 heavy (non-hydrogen) atoms. The van der Waals surface area contributed by atoms with E-state index >= 15 is 0 Å². The third kappa shape index (κ3) is 2.20. The van der Waals surface area contributed by atoms with Crippen LogP contribution in [0.15, 0.2) is 36.5 Å². The van der Waals surface area contributed by atoms with Gasteiger partial charge in [0.25, 0.3) is 0 Å². The largest absolute Gasteiger partial charge is 0.345 e. The Labute approximate surface area is 136 Å². The summed E-state index contributed by atoms with van der Waals surface area (Å²) in [6, 6.07) is 8.94. The first-order valence-corrected chi connectivity index (χ1v) is 8.55. The Kier molecular flexibility index (Phi) is 3.49. The van der Waals surface area contributed by atoms with E-state index < -0.39 is 0 Å². The molecule has 0 fully saturated rings. The highest BCUT2D eigenvalue weighted by molar-refractivity contribution is 5.96. The highest BCUT2D eigenvalue weighted by Crippen LogP contribution is 2.35. The zero-order valence-corrected chi connectivity index (χ0v) is 13.7. The van der Waals surface area contributed by atoms with Crippen LogP contribution in [0.1, 0.15) is 19.4 Å². The Bertz CT molecular complexity index is 785. The van der Waals surface area contributed by atoms with Crippen molar-refractivity contribution in [1.29, 1.82) is 0 Å². The fraction of sp³-hybridized carbons (Fsp3) is 0.421. The number of carbonyl (C=O) groups excluding carboxylic acids is 1. The standard InChI is InChI=1S/C19H23N3O/c1-3-21(4-2)19(23)14-10-16-15-7-5-6-13-8-9-22(18(13)15)12-17(16)20-11-14/h5-10,14,17,20H,3-4,11-12H2,1-2H3/t14-,17-/m1/s1. The van der Waals surface area contributed by atoms with Gasteiger partial charge >= 0.3 is 0 Å². The van der Waals surface area contributed by atoms with Gasteiger partial charge < -0.3 is 14.8 Å². The molecule has 0 spiro atoms. The highest BCUT2D eigenvalue weighted by Gasteiger charge is 2.32. The maximum Gasteiger partial charge on any atom is 0.230 e. The van der Waals surface area contributed by atoms with Gasteiger partial charge in [0.15, 0.2) is 0 Å². The molecule has 2 aliphatic heterocycles. The van der Waals surface area contributed by atoms with Crippen molar-refractivity contribution in [3.8, 4) is 0 Å². The van der Waals surface area contributed by atoms with E-state index in [0.29, 0.717) is 6.04 Å². The smallest absolute Gasteiger partial charge is 0.230 e. The Morgan fingerprint density at radius 2 is 2.13 bits per heavy atom. The van der Waals surface area contributed by atoms with Crippen LogP contribution < -0.4 is 5.32 Å². The summed E-state index contributed by atoms with van der Waals surface area (Å²) in [5, 5.41) is 4.87. The predicted octanol–water partition coefficient (Wildman–Crippen LogP) is 2.49. The molecule has 1 N–H and O–H groups in total. The molecule has 0 bridgehead atoms. The Morgan fingerprint density at radius 3 is 2.91 bits per heavy atom. The summed E-state index contributed by atoms with van der Waals surface area (Å²) in [4.78, 5) is 14.6. The van der Waals surface area contributed by atoms with Gasteiger partial charge in [-0.2, -0.15) is 0 Å². The van der Waals surface area contributed by atoms with Crippen molar-refractivity contribution in [1.82, 2.24) is 14.8 Å². The van der Waals surface area contributed by atoms with Crippen molar-refractivity contribution >= 4 is 22.4 Å². The second-order valence-electron chi connectivity index (χ2n) is 6.41. The average Bonchev–Trinajstić information content (AvgIpc) is 3.00. The predicted molar refractivity (Wildman–Crippen MR) is 93.1 cm³/mol. The van der Waals surface area contributed by atoms with Crippen molar-refractivity contribution in [2.45, 2.75) is 26.4 Å². The molecule has 0 saturated heterocycles. The van der Waals surface area contributed by atoms with Gasteiger partial charge in [0.1, 0.15) is 0 Å². The Hall–Kier alpha value is -2.07. The summed E-state index contributed by atoms with van der Waals surface area (Å²) in [7, 11) is 0. The van der Waals surface area contributed by atoms with Crippen LogP contribution in [0.5, 0.6) is 0 Å². The number of benzene rings is 1. The number of amides is 1. The van der Waals surface area contributed by atoms with Gasteiger partial charge in [-0.15, -0.1) is 0 Å². The minimum absolute atomic E-state index is 0.0575. The molecule has 0 saturated carbocycles. The molecule has 0 unspecified atom stereocenters. The summed E-state index contributed by atoms with van der Waals surface area (Å²) < 4.78 is 2.33. The van der Waals surface area contributed by atoms with Crippen LogP contribution in [-0.4, -0.2) is 41.1 Å². The minimum atomic E-state index is -0.0575.